The van der Waals surface area contributed by atoms with Crippen LogP contribution in [0.5, 0.6) is 0 Å². The summed E-state index contributed by atoms with van der Waals surface area (Å²) in [6, 6.07) is 15.5. The molecule has 2 nitrogen and oxygen atoms in total. The second-order valence-electron chi connectivity index (χ2n) is 8.20. The van der Waals surface area contributed by atoms with E-state index in [4.69, 9.17) is 0 Å². The Hall–Kier alpha value is -1.16. The van der Waals surface area contributed by atoms with Gasteiger partial charge in [-0.25, -0.2) is 0 Å². The molecular weight excluding hydrogens is 386 g/mol. The fourth-order valence-electron chi connectivity index (χ4n) is 4.35. The van der Waals surface area contributed by atoms with Crippen LogP contribution in [0.1, 0.15) is 47.9 Å². The van der Waals surface area contributed by atoms with Crippen LogP contribution in [0.15, 0.2) is 46.9 Å². The molecule has 0 aromatic heterocycles. The SMILES string of the molecule is OCC1(NCc2cccc(CC3CCC3)c2)CCc2cc(Br)ccc2C1. The maximum atomic E-state index is 10.1. The van der Waals surface area contributed by atoms with Crippen LogP contribution in [0.2, 0.25) is 0 Å². The average Bonchev–Trinajstić information content (AvgIpc) is 2.63. The molecular formula is C23H28BrNO. The lowest BCUT2D eigenvalue weighted by atomic mass is 9.78. The minimum absolute atomic E-state index is 0.185. The van der Waals surface area contributed by atoms with Crippen LogP contribution in [0.3, 0.4) is 0 Å². The number of halogens is 1. The van der Waals surface area contributed by atoms with Crippen molar-refractivity contribution in [3.8, 4) is 0 Å². The van der Waals surface area contributed by atoms with Gasteiger partial charge in [0.15, 0.2) is 0 Å². The van der Waals surface area contributed by atoms with Crippen molar-refractivity contribution in [1.29, 1.82) is 0 Å². The molecule has 0 bridgehead atoms. The zero-order valence-electron chi connectivity index (χ0n) is 15.3. The molecule has 1 unspecified atom stereocenters. The van der Waals surface area contributed by atoms with Crippen molar-refractivity contribution >= 4 is 15.9 Å². The predicted octanol–water partition coefficient (Wildman–Crippen LogP) is 4.80. The molecule has 1 saturated carbocycles. The molecule has 26 heavy (non-hydrogen) atoms. The van der Waals surface area contributed by atoms with E-state index < -0.39 is 0 Å². The van der Waals surface area contributed by atoms with E-state index in [0.29, 0.717) is 0 Å². The minimum Gasteiger partial charge on any atom is -0.394 e. The quantitative estimate of drug-likeness (QED) is 0.712. The van der Waals surface area contributed by atoms with Gasteiger partial charge in [-0.2, -0.15) is 0 Å². The van der Waals surface area contributed by atoms with E-state index in [2.05, 4.69) is 63.7 Å². The summed E-state index contributed by atoms with van der Waals surface area (Å²) in [4.78, 5) is 0. The maximum Gasteiger partial charge on any atom is 0.0616 e. The van der Waals surface area contributed by atoms with E-state index in [1.54, 1.807) is 0 Å². The van der Waals surface area contributed by atoms with Crippen LogP contribution in [0, 0.1) is 5.92 Å². The number of aliphatic hydroxyl groups excluding tert-OH is 1. The molecule has 0 aliphatic heterocycles. The van der Waals surface area contributed by atoms with Crippen molar-refractivity contribution in [2.45, 2.75) is 57.0 Å². The van der Waals surface area contributed by atoms with E-state index in [1.165, 1.54) is 47.9 Å². The molecule has 0 heterocycles. The molecule has 3 heteroatoms. The molecule has 1 atom stereocenters. The zero-order valence-corrected chi connectivity index (χ0v) is 16.9. The standard InChI is InChI=1S/C23H28BrNO/c24-22-8-7-21-14-23(16-26,10-9-20(21)13-22)25-15-19-6-2-5-18(12-19)11-17-3-1-4-17/h2,5-8,12-13,17,25-26H,1,3-4,9-11,14-16H2. The van der Waals surface area contributed by atoms with Crippen LogP contribution in [0.4, 0.5) is 0 Å². The Morgan fingerprint density at radius 3 is 2.69 bits per heavy atom. The lowest BCUT2D eigenvalue weighted by Crippen LogP contribution is -2.52. The largest absolute Gasteiger partial charge is 0.394 e. The third kappa shape index (κ3) is 4.05. The fourth-order valence-corrected chi connectivity index (χ4v) is 4.76. The first-order valence-corrected chi connectivity index (χ1v) is 10.7. The lowest BCUT2D eigenvalue weighted by molar-refractivity contribution is 0.143. The number of hydrogen-bond acceptors (Lipinski definition) is 2. The number of aliphatic hydroxyl groups is 1. The third-order valence-electron chi connectivity index (χ3n) is 6.28. The summed E-state index contributed by atoms with van der Waals surface area (Å²) in [7, 11) is 0. The molecule has 0 amide bonds. The van der Waals surface area contributed by atoms with E-state index in [0.717, 1.165) is 36.2 Å². The first-order valence-electron chi connectivity index (χ1n) is 9.87. The van der Waals surface area contributed by atoms with Gasteiger partial charge < -0.3 is 10.4 Å². The van der Waals surface area contributed by atoms with Gasteiger partial charge in [-0.15, -0.1) is 0 Å². The first-order chi connectivity index (χ1) is 12.7. The van der Waals surface area contributed by atoms with Gasteiger partial charge in [0.05, 0.1) is 6.61 Å². The van der Waals surface area contributed by atoms with Crippen LogP contribution >= 0.6 is 15.9 Å². The van der Waals surface area contributed by atoms with Gasteiger partial charge in [0.2, 0.25) is 0 Å². The molecule has 2 N–H and O–H groups in total. The van der Waals surface area contributed by atoms with Crippen LogP contribution in [-0.2, 0) is 25.8 Å². The van der Waals surface area contributed by atoms with Crippen molar-refractivity contribution in [2.24, 2.45) is 5.92 Å². The van der Waals surface area contributed by atoms with Gasteiger partial charge in [-0.05, 0) is 66.0 Å². The molecule has 2 aromatic carbocycles. The van der Waals surface area contributed by atoms with Crippen molar-refractivity contribution in [3.63, 3.8) is 0 Å². The fraction of sp³-hybridized carbons (Fsp3) is 0.478. The predicted molar refractivity (Wildman–Crippen MR) is 110 cm³/mol. The number of aryl methyl sites for hydroxylation is 1. The maximum absolute atomic E-state index is 10.1. The van der Waals surface area contributed by atoms with Gasteiger partial charge in [0.1, 0.15) is 0 Å². The normalized spacial score (nSPS) is 22.7. The smallest absolute Gasteiger partial charge is 0.0616 e. The minimum atomic E-state index is -0.204. The summed E-state index contributed by atoms with van der Waals surface area (Å²) in [5, 5.41) is 13.8. The molecule has 1 fully saturated rings. The van der Waals surface area contributed by atoms with Crippen LogP contribution < -0.4 is 5.32 Å². The molecule has 2 aromatic rings. The Bertz CT molecular complexity index is 771. The summed E-state index contributed by atoms with van der Waals surface area (Å²) < 4.78 is 1.14. The van der Waals surface area contributed by atoms with Gasteiger partial charge in [0.25, 0.3) is 0 Å². The van der Waals surface area contributed by atoms with Gasteiger partial charge in [-0.3, -0.25) is 0 Å². The Morgan fingerprint density at radius 1 is 1.08 bits per heavy atom. The Labute approximate surface area is 165 Å². The summed E-state index contributed by atoms with van der Waals surface area (Å²) in [5.41, 5.74) is 5.36. The van der Waals surface area contributed by atoms with Gasteiger partial charge >= 0.3 is 0 Å². The lowest BCUT2D eigenvalue weighted by Gasteiger charge is -2.38. The van der Waals surface area contributed by atoms with Crippen LogP contribution in [-0.4, -0.2) is 17.3 Å². The molecule has 0 spiro atoms. The molecule has 4 rings (SSSR count). The van der Waals surface area contributed by atoms with E-state index in [-0.39, 0.29) is 12.1 Å². The Balaban J connectivity index is 1.42. The van der Waals surface area contributed by atoms with Crippen molar-refractivity contribution in [1.82, 2.24) is 5.32 Å². The summed E-state index contributed by atoms with van der Waals surface area (Å²) in [6.07, 6.45) is 8.31. The zero-order chi connectivity index (χ0) is 18.0. The first kappa shape index (κ1) is 18.2. The molecule has 2 aliphatic carbocycles. The van der Waals surface area contributed by atoms with E-state index >= 15 is 0 Å². The van der Waals surface area contributed by atoms with E-state index in [9.17, 15) is 5.11 Å². The summed E-state index contributed by atoms with van der Waals surface area (Å²) in [6.45, 7) is 1.01. The molecule has 2 aliphatic rings. The highest BCUT2D eigenvalue weighted by atomic mass is 79.9. The number of hydrogen-bond donors (Lipinski definition) is 2. The number of fused-ring (bicyclic) bond motifs is 1. The Kier molecular flexibility index (Phi) is 5.49. The Morgan fingerprint density at radius 2 is 1.92 bits per heavy atom. The number of rotatable bonds is 6. The van der Waals surface area contributed by atoms with Crippen molar-refractivity contribution in [3.05, 3.63) is 69.2 Å². The molecule has 0 radical (unpaired) electrons. The second kappa shape index (κ2) is 7.84. The van der Waals surface area contributed by atoms with E-state index in [1.807, 2.05) is 0 Å². The molecule has 0 saturated heterocycles. The third-order valence-corrected chi connectivity index (χ3v) is 6.77. The average molecular weight is 414 g/mol. The topological polar surface area (TPSA) is 32.3 Å². The highest BCUT2D eigenvalue weighted by Crippen LogP contribution is 2.32. The second-order valence-corrected chi connectivity index (χ2v) is 9.12. The highest BCUT2D eigenvalue weighted by molar-refractivity contribution is 9.10. The van der Waals surface area contributed by atoms with Gasteiger partial charge in [-0.1, -0.05) is 65.5 Å². The monoisotopic (exact) mass is 413 g/mol. The molecule has 138 valence electrons. The van der Waals surface area contributed by atoms with Crippen molar-refractivity contribution in [2.75, 3.05) is 6.61 Å². The van der Waals surface area contributed by atoms with Crippen LogP contribution in [0.25, 0.3) is 0 Å². The number of nitrogens with one attached hydrogen (secondary N) is 1. The van der Waals surface area contributed by atoms with Crippen molar-refractivity contribution < 1.29 is 5.11 Å². The van der Waals surface area contributed by atoms with Gasteiger partial charge in [0, 0.05) is 16.6 Å². The summed E-state index contributed by atoms with van der Waals surface area (Å²) >= 11 is 3.57. The highest BCUT2D eigenvalue weighted by Gasteiger charge is 2.33. The summed E-state index contributed by atoms with van der Waals surface area (Å²) in [5.74, 6) is 0.899. The number of benzene rings is 2.